The number of thioether (sulfide) groups is 1. The highest BCUT2D eigenvalue weighted by atomic mass is 32.2. The number of anilines is 1. The van der Waals surface area contributed by atoms with E-state index >= 15 is 0 Å². The first-order chi connectivity index (χ1) is 27.8. The topological polar surface area (TPSA) is 217 Å². The van der Waals surface area contributed by atoms with E-state index in [-0.39, 0.29) is 86.8 Å². The summed E-state index contributed by atoms with van der Waals surface area (Å²) in [6.07, 6.45) is 6.03. The Bertz CT molecular complexity index is 1970. The van der Waals surface area contributed by atoms with Crippen molar-refractivity contribution in [3.63, 3.8) is 0 Å². The Morgan fingerprint density at radius 3 is 2.55 bits per heavy atom. The number of fused-ring (bicyclic) bond motifs is 1. The molecule has 0 radical (unpaired) electrons. The minimum atomic E-state index is -0.690. The second kappa shape index (κ2) is 19.7. The van der Waals surface area contributed by atoms with Crippen molar-refractivity contribution in [2.24, 2.45) is 5.92 Å². The first kappa shape index (κ1) is 42.7. The molecule has 2 fully saturated rings. The molecule has 3 aliphatic rings. The van der Waals surface area contributed by atoms with Crippen LogP contribution in [-0.2, 0) is 48.2 Å². The normalized spacial score (nSPS) is 17.7. The van der Waals surface area contributed by atoms with Crippen molar-refractivity contribution in [1.29, 1.82) is 0 Å². The number of hydrogen-bond acceptors (Lipinski definition) is 13. The lowest BCUT2D eigenvalue weighted by atomic mass is 9.94. The molecule has 19 heteroatoms. The molecule has 2 aromatic heterocycles. The Morgan fingerprint density at radius 1 is 1.02 bits per heavy atom. The van der Waals surface area contributed by atoms with Crippen LogP contribution in [0.3, 0.4) is 0 Å². The zero-order valence-corrected chi connectivity index (χ0v) is 34.7. The van der Waals surface area contributed by atoms with Gasteiger partial charge in [0.1, 0.15) is 11.8 Å². The van der Waals surface area contributed by atoms with E-state index in [4.69, 9.17) is 9.15 Å². The van der Waals surface area contributed by atoms with Gasteiger partial charge in [0.15, 0.2) is 5.13 Å². The Hall–Kier alpha value is -4.85. The van der Waals surface area contributed by atoms with Gasteiger partial charge in [-0.25, -0.2) is 14.8 Å². The highest BCUT2D eigenvalue weighted by molar-refractivity contribution is 8.00. The SMILES string of the molecule is CC(C)(C)c1cnc(CSc2cnc(NC(=O)C3CCN(CC(=O)NCCOCCNC(=O)NCc4ccc5c(c4)CN([C@H]4CCCC(=O)NC4=O)C5=O)CC3)s2)o1. The third kappa shape index (κ3) is 11.9. The number of nitrogens with zero attached hydrogens (tertiary/aromatic N) is 4. The van der Waals surface area contributed by atoms with Crippen LogP contribution in [0.15, 0.2) is 39.2 Å². The van der Waals surface area contributed by atoms with Crippen LogP contribution < -0.4 is 26.6 Å². The lowest BCUT2D eigenvalue weighted by molar-refractivity contribution is -0.132. The molecule has 1 atom stereocenters. The lowest BCUT2D eigenvalue weighted by Gasteiger charge is -2.30. The number of oxazole rings is 1. The molecule has 1 aromatic carbocycles. The van der Waals surface area contributed by atoms with Gasteiger partial charge in [-0.3, -0.25) is 34.2 Å². The van der Waals surface area contributed by atoms with Crippen LogP contribution in [0.1, 0.15) is 86.0 Å². The van der Waals surface area contributed by atoms with E-state index < -0.39 is 11.9 Å². The Kier molecular flexibility index (Phi) is 14.5. The van der Waals surface area contributed by atoms with Gasteiger partial charge in [0.25, 0.3) is 5.91 Å². The molecule has 0 saturated carbocycles. The van der Waals surface area contributed by atoms with Crippen LogP contribution in [-0.4, -0.2) is 107 Å². The summed E-state index contributed by atoms with van der Waals surface area (Å²) in [5.74, 6) is 0.734. The van der Waals surface area contributed by atoms with E-state index in [1.54, 1.807) is 36.3 Å². The van der Waals surface area contributed by atoms with E-state index in [2.05, 4.69) is 57.3 Å². The molecule has 5 N–H and O–H groups in total. The maximum absolute atomic E-state index is 13.0. The number of nitrogens with one attached hydrogen (secondary N) is 5. The summed E-state index contributed by atoms with van der Waals surface area (Å²) in [4.78, 5) is 87.3. The van der Waals surface area contributed by atoms with E-state index in [0.29, 0.717) is 67.7 Å². The third-order valence-corrected chi connectivity index (χ3v) is 12.1. The molecule has 0 spiro atoms. The van der Waals surface area contributed by atoms with Crippen LogP contribution in [0.4, 0.5) is 9.93 Å². The third-order valence-electron chi connectivity index (χ3n) is 10.0. The van der Waals surface area contributed by atoms with Crippen molar-refractivity contribution in [1.82, 2.24) is 41.0 Å². The molecule has 58 heavy (non-hydrogen) atoms. The molecule has 17 nitrogen and oxygen atoms in total. The second-order valence-corrected chi connectivity index (χ2v) is 17.8. The summed E-state index contributed by atoms with van der Waals surface area (Å²) in [5, 5.41) is 14.2. The number of aromatic nitrogens is 2. The molecular weight excluding hydrogens is 787 g/mol. The van der Waals surface area contributed by atoms with Gasteiger partial charge in [-0.1, -0.05) is 44.2 Å². The highest BCUT2D eigenvalue weighted by Crippen LogP contribution is 2.33. The van der Waals surface area contributed by atoms with E-state index in [0.717, 1.165) is 21.1 Å². The first-order valence-corrected chi connectivity index (χ1v) is 21.3. The minimum Gasteiger partial charge on any atom is -0.444 e. The number of amides is 7. The maximum atomic E-state index is 13.0. The molecule has 0 bridgehead atoms. The van der Waals surface area contributed by atoms with Crippen LogP contribution >= 0.6 is 23.1 Å². The molecule has 7 amide bonds. The quantitative estimate of drug-likeness (QED) is 0.0799. The Balaban J connectivity index is 0.783. The van der Waals surface area contributed by atoms with Crippen LogP contribution in [0.25, 0.3) is 0 Å². The number of thiazole rings is 1. The lowest BCUT2D eigenvalue weighted by Crippen LogP contribution is -2.46. The standard InChI is InChI=1S/C39H51N9O8S2/c1-39(2,3)29-19-42-32(56-29)23-57-33-20-44-38(58-33)46-34(51)25-9-13-47(14-10-25)22-31(50)40-11-15-55-16-12-41-37(54)43-18-24-7-8-27-26(17-24)21-48(36(27)53)28-5-4-6-30(49)45-35(28)52/h7-8,17,19-20,25,28H,4-6,9-16,18,21-23H2,1-3H3,(H,40,50)(H2,41,43,54)(H,44,46,51)(H,45,49,52)/t28-/m0/s1. The summed E-state index contributed by atoms with van der Waals surface area (Å²) in [5.41, 5.74) is 1.99. The fourth-order valence-electron chi connectivity index (χ4n) is 6.83. The van der Waals surface area contributed by atoms with Crippen LogP contribution in [0, 0.1) is 5.92 Å². The van der Waals surface area contributed by atoms with Crippen molar-refractivity contribution in [3.8, 4) is 0 Å². The fourth-order valence-corrected chi connectivity index (χ4v) is 8.56. The molecule has 312 valence electrons. The summed E-state index contributed by atoms with van der Waals surface area (Å²) in [7, 11) is 0. The Labute approximate surface area is 345 Å². The number of rotatable bonds is 16. The second-order valence-electron chi connectivity index (χ2n) is 15.5. The van der Waals surface area contributed by atoms with E-state index in [1.807, 2.05) is 11.0 Å². The molecule has 3 aromatic rings. The maximum Gasteiger partial charge on any atom is 0.315 e. The predicted octanol–water partition coefficient (Wildman–Crippen LogP) is 3.15. The summed E-state index contributed by atoms with van der Waals surface area (Å²) < 4.78 is 12.4. The van der Waals surface area contributed by atoms with Gasteiger partial charge in [0.2, 0.25) is 29.5 Å². The number of imide groups is 1. The number of likely N-dealkylation sites (tertiary alicyclic amines) is 1. The van der Waals surface area contributed by atoms with Gasteiger partial charge in [0, 0.05) is 49.5 Å². The fraction of sp³-hybridized carbons (Fsp3) is 0.538. The van der Waals surface area contributed by atoms with Gasteiger partial charge in [0.05, 0.1) is 42.1 Å². The largest absolute Gasteiger partial charge is 0.444 e. The van der Waals surface area contributed by atoms with Crippen molar-refractivity contribution in [2.75, 3.05) is 51.3 Å². The van der Waals surface area contributed by atoms with Crippen molar-refractivity contribution < 1.29 is 37.9 Å². The van der Waals surface area contributed by atoms with Gasteiger partial charge in [-0.2, -0.15) is 0 Å². The number of urea groups is 1. The molecular formula is C39H51N9O8S2. The number of hydrogen-bond donors (Lipinski definition) is 5. The first-order valence-electron chi connectivity index (χ1n) is 19.5. The molecule has 6 rings (SSSR count). The van der Waals surface area contributed by atoms with E-state index in [9.17, 15) is 28.8 Å². The Morgan fingerprint density at radius 2 is 1.79 bits per heavy atom. The molecule has 5 heterocycles. The highest BCUT2D eigenvalue weighted by Gasteiger charge is 2.38. The molecule has 3 aliphatic heterocycles. The van der Waals surface area contributed by atoms with Crippen molar-refractivity contribution in [3.05, 3.63) is 58.9 Å². The van der Waals surface area contributed by atoms with Gasteiger partial charge >= 0.3 is 6.03 Å². The summed E-state index contributed by atoms with van der Waals surface area (Å²) >= 11 is 2.98. The number of benzene rings is 1. The van der Waals surface area contributed by atoms with Crippen molar-refractivity contribution in [2.45, 2.75) is 87.4 Å². The minimum absolute atomic E-state index is 0.0590. The molecule has 0 aliphatic carbocycles. The molecule has 2 saturated heterocycles. The number of ether oxygens (including phenoxy) is 1. The van der Waals surface area contributed by atoms with Crippen molar-refractivity contribution >= 4 is 63.8 Å². The zero-order valence-electron chi connectivity index (χ0n) is 33.0. The zero-order chi connectivity index (χ0) is 41.2. The molecule has 0 unspecified atom stereocenters. The summed E-state index contributed by atoms with van der Waals surface area (Å²) in [6, 6.07) is 4.24. The van der Waals surface area contributed by atoms with Crippen LogP contribution in [0.2, 0.25) is 0 Å². The van der Waals surface area contributed by atoms with Gasteiger partial charge in [-0.15, -0.1) is 11.8 Å². The van der Waals surface area contributed by atoms with Gasteiger partial charge in [-0.05, 0) is 56.0 Å². The van der Waals surface area contributed by atoms with E-state index in [1.165, 1.54) is 16.2 Å². The number of carbonyl (C=O) groups is 6. The average Bonchev–Trinajstić information content (AvgIpc) is 3.91. The smallest absolute Gasteiger partial charge is 0.315 e. The monoisotopic (exact) mass is 837 g/mol. The average molecular weight is 838 g/mol. The number of carbonyl (C=O) groups excluding carboxylic acids is 6. The summed E-state index contributed by atoms with van der Waals surface area (Å²) in [6.45, 7) is 9.39. The predicted molar refractivity (Wildman–Crippen MR) is 216 cm³/mol. The van der Waals surface area contributed by atoms with Crippen LogP contribution in [0.5, 0.6) is 0 Å². The number of piperidine rings is 1. The van der Waals surface area contributed by atoms with Gasteiger partial charge < -0.3 is 35.3 Å².